The summed E-state index contributed by atoms with van der Waals surface area (Å²) in [5.74, 6) is 0.994. The highest BCUT2D eigenvalue weighted by atomic mass is 35.5. The summed E-state index contributed by atoms with van der Waals surface area (Å²) in [6, 6.07) is 7.90. The van der Waals surface area contributed by atoms with E-state index in [1.54, 1.807) is 4.31 Å². The maximum absolute atomic E-state index is 11.6. The molecule has 150 valence electrons. The molecule has 0 aliphatic carbocycles. The van der Waals surface area contributed by atoms with Crippen LogP contribution in [0.25, 0.3) is 0 Å². The van der Waals surface area contributed by atoms with Gasteiger partial charge in [0.2, 0.25) is 10.0 Å². The van der Waals surface area contributed by atoms with Crippen LogP contribution < -0.4 is 10.6 Å². The van der Waals surface area contributed by atoms with E-state index in [1.807, 2.05) is 24.3 Å². The lowest BCUT2D eigenvalue weighted by atomic mass is 9.98. The van der Waals surface area contributed by atoms with Crippen molar-refractivity contribution < 1.29 is 8.42 Å². The molecule has 0 bridgehead atoms. The van der Waals surface area contributed by atoms with E-state index in [0.29, 0.717) is 31.5 Å². The molecule has 0 saturated carbocycles. The number of piperazine rings is 1. The number of rotatable bonds is 4. The Morgan fingerprint density at radius 3 is 2.26 bits per heavy atom. The summed E-state index contributed by atoms with van der Waals surface area (Å²) in [4.78, 5) is 9.03. The average molecular weight is 414 g/mol. The van der Waals surface area contributed by atoms with E-state index in [2.05, 4.69) is 14.8 Å². The molecule has 2 aliphatic heterocycles. The normalized spacial score (nSPS) is 20.9. The molecule has 2 aliphatic rings. The third-order valence-electron chi connectivity index (χ3n) is 5.35. The van der Waals surface area contributed by atoms with Crippen molar-refractivity contribution >= 4 is 33.3 Å². The van der Waals surface area contributed by atoms with Crippen LogP contribution in [-0.2, 0) is 10.0 Å². The molecule has 9 heteroatoms. The molecule has 27 heavy (non-hydrogen) atoms. The Labute approximate surface area is 166 Å². The van der Waals surface area contributed by atoms with E-state index in [0.717, 1.165) is 44.0 Å². The summed E-state index contributed by atoms with van der Waals surface area (Å²) in [6.45, 7) is 5.29. The summed E-state index contributed by atoms with van der Waals surface area (Å²) >= 11 is 5.95. The van der Waals surface area contributed by atoms with E-state index in [4.69, 9.17) is 17.3 Å². The lowest BCUT2D eigenvalue weighted by Crippen LogP contribution is -2.51. The molecular weight excluding hydrogens is 386 g/mol. The van der Waals surface area contributed by atoms with Gasteiger partial charge in [0.15, 0.2) is 5.96 Å². The summed E-state index contributed by atoms with van der Waals surface area (Å²) < 4.78 is 24.7. The van der Waals surface area contributed by atoms with Crippen molar-refractivity contribution in [2.75, 3.05) is 57.0 Å². The predicted molar refractivity (Wildman–Crippen MR) is 111 cm³/mol. The van der Waals surface area contributed by atoms with Crippen LogP contribution in [0.5, 0.6) is 0 Å². The average Bonchev–Trinajstić information content (AvgIpc) is 2.66. The monoisotopic (exact) mass is 413 g/mol. The molecule has 1 aromatic rings. The highest BCUT2D eigenvalue weighted by molar-refractivity contribution is 7.88. The van der Waals surface area contributed by atoms with E-state index in [-0.39, 0.29) is 0 Å². The van der Waals surface area contributed by atoms with Gasteiger partial charge in [-0.2, -0.15) is 0 Å². The number of anilines is 1. The lowest BCUT2D eigenvalue weighted by molar-refractivity contribution is 0.279. The SMILES string of the molecule is CS(=O)(=O)N1CCC(CN=C(N)N2CCN(c3ccc(Cl)cc3)CC2)CC1. The molecule has 0 spiro atoms. The molecule has 7 nitrogen and oxygen atoms in total. The van der Waals surface area contributed by atoms with E-state index in [9.17, 15) is 8.42 Å². The molecule has 2 N–H and O–H groups in total. The molecule has 3 rings (SSSR count). The lowest BCUT2D eigenvalue weighted by Gasteiger charge is -2.37. The molecule has 0 atom stereocenters. The minimum Gasteiger partial charge on any atom is -0.370 e. The minimum absolute atomic E-state index is 0.400. The number of sulfonamides is 1. The Morgan fingerprint density at radius 1 is 1.11 bits per heavy atom. The van der Waals surface area contributed by atoms with Crippen LogP contribution in [0.2, 0.25) is 5.02 Å². The van der Waals surface area contributed by atoms with Gasteiger partial charge in [0.1, 0.15) is 0 Å². The molecule has 0 radical (unpaired) electrons. The van der Waals surface area contributed by atoms with Gasteiger partial charge in [-0.15, -0.1) is 0 Å². The topological polar surface area (TPSA) is 82.2 Å². The number of nitrogens with zero attached hydrogens (tertiary/aromatic N) is 4. The van der Waals surface area contributed by atoms with Gasteiger partial charge < -0.3 is 15.5 Å². The van der Waals surface area contributed by atoms with Gasteiger partial charge in [0, 0.05) is 56.5 Å². The van der Waals surface area contributed by atoms with Gasteiger partial charge in [-0.25, -0.2) is 12.7 Å². The van der Waals surface area contributed by atoms with E-state index < -0.39 is 10.0 Å². The van der Waals surface area contributed by atoms with Crippen LogP contribution in [0.4, 0.5) is 5.69 Å². The van der Waals surface area contributed by atoms with Gasteiger partial charge in [0.25, 0.3) is 0 Å². The van der Waals surface area contributed by atoms with Crippen molar-refractivity contribution in [3.05, 3.63) is 29.3 Å². The minimum atomic E-state index is -3.08. The van der Waals surface area contributed by atoms with Crippen LogP contribution in [0.15, 0.2) is 29.3 Å². The summed E-state index contributed by atoms with van der Waals surface area (Å²) in [7, 11) is -3.08. The van der Waals surface area contributed by atoms with Crippen molar-refractivity contribution in [2.24, 2.45) is 16.6 Å². The maximum Gasteiger partial charge on any atom is 0.211 e. The van der Waals surface area contributed by atoms with Gasteiger partial charge >= 0.3 is 0 Å². The van der Waals surface area contributed by atoms with Crippen LogP contribution >= 0.6 is 11.6 Å². The highest BCUT2D eigenvalue weighted by Gasteiger charge is 2.25. The Hall–Kier alpha value is -1.51. The number of aliphatic imine (C=N–C) groups is 1. The van der Waals surface area contributed by atoms with Gasteiger partial charge in [-0.05, 0) is 43.0 Å². The molecule has 1 aromatic carbocycles. The van der Waals surface area contributed by atoms with Gasteiger partial charge in [-0.3, -0.25) is 4.99 Å². The number of guanidine groups is 1. The summed E-state index contributed by atoms with van der Waals surface area (Å²) in [5, 5.41) is 0.746. The smallest absolute Gasteiger partial charge is 0.211 e. The number of halogens is 1. The van der Waals surface area contributed by atoms with E-state index in [1.165, 1.54) is 11.9 Å². The number of nitrogens with two attached hydrogens (primary N) is 1. The third-order valence-corrected chi connectivity index (χ3v) is 6.90. The van der Waals surface area contributed by atoms with Crippen molar-refractivity contribution in [2.45, 2.75) is 12.8 Å². The summed E-state index contributed by atoms with van der Waals surface area (Å²) in [5.41, 5.74) is 7.37. The standard InChI is InChI=1S/C18H28ClN5O2S/c1-27(25,26)24-8-6-15(7-9-24)14-21-18(20)23-12-10-22(11-13-23)17-4-2-16(19)3-5-17/h2-5,15H,6-14H2,1H3,(H2,20,21). The molecule has 0 aromatic heterocycles. The number of hydrogen-bond donors (Lipinski definition) is 1. The third kappa shape index (κ3) is 5.49. The number of hydrogen-bond acceptors (Lipinski definition) is 4. The second-order valence-electron chi connectivity index (χ2n) is 7.25. The fourth-order valence-corrected chi connectivity index (χ4v) is 4.59. The molecule has 0 unspecified atom stereocenters. The second-order valence-corrected chi connectivity index (χ2v) is 9.67. The predicted octanol–water partition coefficient (Wildman–Crippen LogP) is 1.45. The Bertz CT molecular complexity index is 752. The van der Waals surface area contributed by atoms with Gasteiger partial charge in [0.05, 0.1) is 6.26 Å². The molecule has 2 heterocycles. The Kier molecular flexibility index (Phi) is 6.49. The van der Waals surface area contributed by atoms with Crippen LogP contribution in [0.1, 0.15) is 12.8 Å². The molecule has 2 saturated heterocycles. The van der Waals surface area contributed by atoms with Crippen molar-refractivity contribution in [1.82, 2.24) is 9.21 Å². The first-order chi connectivity index (χ1) is 12.8. The highest BCUT2D eigenvalue weighted by Crippen LogP contribution is 2.21. The van der Waals surface area contributed by atoms with Crippen molar-refractivity contribution in [1.29, 1.82) is 0 Å². The van der Waals surface area contributed by atoms with E-state index >= 15 is 0 Å². The second kappa shape index (κ2) is 8.67. The fourth-order valence-electron chi connectivity index (χ4n) is 3.59. The molecular formula is C18H28ClN5O2S. The number of benzene rings is 1. The van der Waals surface area contributed by atoms with Crippen LogP contribution in [0, 0.1) is 5.92 Å². The zero-order valence-electron chi connectivity index (χ0n) is 15.7. The van der Waals surface area contributed by atoms with Gasteiger partial charge in [-0.1, -0.05) is 11.6 Å². The Morgan fingerprint density at radius 2 is 1.70 bits per heavy atom. The Balaban J connectivity index is 1.45. The largest absolute Gasteiger partial charge is 0.370 e. The first-order valence-corrected chi connectivity index (χ1v) is 11.6. The number of piperidine rings is 1. The maximum atomic E-state index is 11.6. The van der Waals surface area contributed by atoms with Crippen LogP contribution in [0.3, 0.4) is 0 Å². The first-order valence-electron chi connectivity index (χ1n) is 9.33. The zero-order chi connectivity index (χ0) is 19.4. The quantitative estimate of drug-likeness (QED) is 0.596. The zero-order valence-corrected chi connectivity index (χ0v) is 17.3. The fraction of sp³-hybridized carbons (Fsp3) is 0.611. The first kappa shape index (κ1) is 20.2. The summed E-state index contributed by atoms with van der Waals surface area (Å²) in [6.07, 6.45) is 2.95. The van der Waals surface area contributed by atoms with Crippen LogP contribution in [-0.4, -0.2) is 75.7 Å². The molecule has 0 amide bonds. The molecule has 2 fully saturated rings. The van der Waals surface area contributed by atoms with Crippen molar-refractivity contribution in [3.63, 3.8) is 0 Å². The van der Waals surface area contributed by atoms with Crippen molar-refractivity contribution in [3.8, 4) is 0 Å².